The molecule has 1 heterocycles. The van der Waals surface area contributed by atoms with Crippen LogP contribution in [0.4, 0.5) is 5.69 Å². The van der Waals surface area contributed by atoms with Crippen LogP contribution < -0.4 is 14.8 Å². The summed E-state index contributed by atoms with van der Waals surface area (Å²) < 4.78 is 16.1. The van der Waals surface area contributed by atoms with Gasteiger partial charge in [-0.05, 0) is 48.5 Å². The molecule has 0 atom stereocenters. The highest BCUT2D eigenvalue weighted by Crippen LogP contribution is 2.26. The van der Waals surface area contributed by atoms with E-state index in [9.17, 15) is 4.79 Å². The van der Waals surface area contributed by atoms with Crippen LogP contribution in [0.15, 0.2) is 83.4 Å². The summed E-state index contributed by atoms with van der Waals surface area (Å²) in [5.41, 5.74) is 2.23. The van der Waals surface area contributed by atoms with Crippen LogP contribution in [0.5, 0.6) is 11.5 Å². The topological polar surface area (TPSA) is 86.5 Å². The molecule has 1 amide bonds. The van der Waals surface area contributed by atoms with Crippen LogP contribution >= 0.6 is 0 Å². The van der Waals surface area contributed by atoms with E-state index in [0.29, 0.717) is 17.5 Å². The summed E-state index contributed by atoms with van der Waals surface area (Å²) in [6.07, 6.45) is 0. The predicted molar refractivity (Wildman–Crippen MR) is 112 cm³/mol. The lowest BCUT2D eigenvalue weighted by molar-refractivity contribution is -0.118. The number of amides is 1. The van der Waals surface area contributed by atoms with Crippen molar-refractivity contribution in [3.8, 4) is 34.3 Å². The first-order valence-corrected chi connectivity index (χ1v) is 9.27. The minimum atomic E-state index is -0.243. The van der Waals surface area contributed by atoms with Crippen LogP contribution in [0.1, 0.15) is 0 Å². The number of rotatable bonds is 7. The van der Waals surface area contributed by atoms with Crippen LogP contribution in [0.3, 0.4) is 0 Å². The van der Waals surface area contributed by atoms with E-state index in [1.165, 1.54) is 0 Å². The molecular weight excluding hydrogens is 382 g/mol. The molecule has 30 heavy (non-hydrogen) atoms. The molecule has 0 bridgehead atoms. The largest absolute Gasteiger partial charge is 0.497 e. The zero-order valence-corrected chi connectivity index (χ0v) is 16.2. The average Bonchev–Trinajstić information content (AvgIpc) is 3.29. The van der Waals surface area contributed by atoms with Crippen molar-refractivity contribution in [3.05, 3.63) is 78.9 Å². The summed E-state index contributed by atoms with van der Waals surface area (Å²) in [7, 11) is 1.61. The molecule has 4 rings (SSSR count). The second-order valence-electron chi connectivity index (χ2n) is 6.38. The number of methoxy groups -OCH3 is 1. The lowest BCUT2D eigenvalue weighted by atomic mass is 10.2. The van der Waals surface area contributed by atoms with E-state index in [0.717, 1.165) is 22.6 Å². The Balaban J connectivity index is 1.42. The van der Waals surface area contributed by atoms with Crippen LogP contribution in [-0.4, -0.2) is 29.8 Å². The highest BCUT2D eigenvalue weighted by atomic mass is 16.5. The fraction of sp³-hybridized carbons (Fsp3) is 0.0870. The van der Waals surface area contributed by atoms with Gasteiger partial charge in [0.15, 0.2) is 6.61 Å². The zero-order chi connectivity index (χ0) is 20.8. The molecule has 1 aromatic heterocycles. The van der Waals surface area contributed by atoms with Crippen molar-refractivity contribution >= 4 is 11.6 Å². The number of anilines is 1. The number of carbonyl (C=O) groups is 1. The Bertz CT molecular complexity index is 1120. The normalized spacial score (nSPS) is 10.4. The van der Waals surface area contributed by atoms with Gasteiger partial charge in [0.2, 0.25) is 5.82 Å². The summed E-state index contributed by atoms with van der Waals surface area (Å²) in [4.78, 5) is 16.5. The second kappa shape index (κ2) is 8.91. The number of carbonyl (C=O) groups excluding carboxylic acids is 1. The van der Waals surface area contributed by atoms with Crippen molar-refractivity contribution in [1.82, 2.24) is 10.1 Å². The van der Waals surface area contributed by atoms with Crippen molar-refractivity contribution < 1.29 is 18.8 Å². The van der Waals surface area contributed by atoms with Gasteiger partial charge in [-0.2, -0.15) is 4.98 Å². The van der Waals surface area contributed by atoms with Gasteiger partial charge < -0.3 is 19.3 Å². The monoisotopic (exact) mass is 401 g/mol. The molecule has 0 aliphatic heterocycles. The van der Waals surface area contributed by atoms with Gasteiger partial charge in [0.1, 0.15) is 11.5 Å². The second-order valence-corrected chi connectivity index (χ2v) is 6.38. The van der Waals surface area contributed by atoms with Gasteiger partial charge in [-0.3, -0.25) is 4.79 Å². The standard InChI is InChI=1S/C23H19N3O4/c1-28-19-12-10-16(11-13-19)23-25-22(26-30-23)17-6-5-9-20(14-17)29-15-21(27)24-18-7-3-2-4-8-18/h2-14H,15H2,1H3,(H,24,27). The zero-order valence-electron chi connectivity index (χ0n) is 16.2. The Morgan fingerprint density at radius 3 is 2.50 bits per heavy atom. The maximum Gasteiger partial charge on any atom is 0.262 e. The first-order chi connectivity index (χ1) is 14.7. The Morgan fingerprint density at radius 2 is 1.73 bits per heavy atom. The number of para-hydroxylation sites is 1. The first-order valence-electron chi connectivity index (χ1n) is 9.27. The number of benzene rings is 3. The van der Waals surface area contributed by atoms with Gasteiger partial charge in [0.25, 0.3) is 11.8 Å². The van der Waals surface area contributed by atoms with Crippen molar-refractivity contribution in [2.45, 2.75) is 0 Å². The number of nitrogens with one attached hydrogen (secondary N) is 1. The number of aromatic nitrogens is 2. The minimum absolute atomic E-state index is 0.109. The molecule has 0 unspecified atom stereocenters. The van der Waals surface area contributed by atoms with Gasteiger partial charge in [-0.15, -0.1) is 0 Å². The maximum absolute atomic E-state index is 12.1. The SMILES string of the molecule is COc1ccc(-c2nc(-c3cccc(OCC(=O)Nc4ccccc4)c3)no2)cc1. The summed E-state index contributed by atoms with van der Waals surface area (Å²) in [5.74, 6) is 1.88. The Morgan fingerprint density at radius 1 is 0.933 bits per heavy atom. The Hall–Kier alpha value is -4.13. The van der Waals surface area contributed by atoms with Gasteiger partial charge >= 0.3 is 0 Å². The van der Waals surface area contributed by atoms with E-state index in [2.05, 4.69) is 15.5 Å². The molecule has 150 valence electrons. The molecule has 0 spiro atoms. The summed E-state index contributed by atoms with van der Waals surface area (Å²) >= 11 is 0. The molecule has 0 fully saturated rings. The van der Waals surface area contributed by atoms with E-state index in [1.807, 2.05) is 66.7 Å². The van der Waals surface area contributed by atoms with Crippen molar-refractivity contribution in [2.24, 2.45) is 0 Å². The molecule has 1 N–H and O–H groups in total. The van der Waals surface area contributed by atoms with Crippen LogP contribution in [0, 0.1) is 0 Å². The molecule has 3 aromatic carbocycles. The van der Waals surface area contributed by atoms with E-state index in [4.69, 9.17) is 14.0 Å². The highest BCUT2D eigenvalue weighted by molar-refractivity contribution is 5.91. The molecule has 4 aromatic rings. The van der Waals surface area contributed by atoms with Crippen LogP contribution in [0.25, 0.3) is 22.8 Å². The van der Waals surface area contributed by atoms with Crippen LogP contribution in [-0.2, 0) is 4.79 Å². The molecule has 7 heteroatoms. The third-order valence-electron chi connectivity index (χ3n) is 4.28. The average molecular weight is 401 g/mol. The number of nitrogens with zero attached hydrogens (tertiary/aromatic N) is 2. The molecule has 0 aliphatic carbocycles. The smallest absolute Gasteiger partial charge is 0.262 e. The molecule has 0 radical (unpaired) electrons. The van der Waals surface area contributed by atoms with Gasteiger partial charge in [-0.25, -0.2) is 0 Å². The number of hydrogen-bond acceptors (Lipinski definition) is 6. The third kappa shape index (κ3) is 4.64. The minimum Gasteiger partial charge on any atom is -0.497 e. The van der Waals surface area contributed by atoms with Gasteiger partial charge in [0, 0.05) is 16.8 Å². The molecule has 0 aliphatic rings. The highest BCUT2D eigenvalue weighted by Gasteiger charge is 2.12. The van der Waals surface area contributed by atoms with E-state index >= 15 is 0 Å². The molecular formula is C23H19N3O4. The number of hydrogen-bond donors (Lipinski definition) is 1. The first kappa shape index (κ1) is 19.2. The Kier molecular flexibility index (Phi) is 5.70. The van der Waals surface area contributed by atoms with Crippen molar-refractivity contribution in [2.75, 3.05) is 19.0 Å². The van der Waals surface area contributed by atoms with Gasteiger partial charge in [-0.1, -0.05) is 35.5 Å². The summed E-state index contributed by atoms with van der Waals surface area (Å²) in [5, 5.41) is 6.82. The summed E-state index contributed by atoms with van der Waals surface area (Å²) in [6.45, 7) is -0.109. The van der Waals surface area contributed by atoms with Crippen molar-refractivity contribution in [3.63, 3.8) is 0 Å². The van der Waals surface area contributed by atoms with E-state index in [-0.39, 0.29) is 12.5 Å². The fourth-order valence-electron chi connectivity index (χ4n) is 2.78. The van der Waals surface area contributed by atoms with E-state index in [1.54, 1.807) is 19.2 Å². The molecule has 0 saturated heterocycles. The van der Waals surface area contributed by atoms with Gasteiger partial charge in [0.05, 0.1) is 7.11 Å². The van der Waals surface area contributed by atoms with E-state index < -0.39 is 0 Å². The summed E-state index contributed by atoms with van der Waals surface area (Å²) in [6, 6.07) is 23.8. The number of ether oxygens (including phenoxy) is 2. The third-order valence-corrected chi connectivity index (χ3v) is 4.28. The van der Waals surface area contributed by atoms with Crippen molar-refractivity contribution in [1.29, 1.82) is 0 Å². The Labute approximate surface area is 173 Å². The quantitative estimate of drug-likeness (QED) is 0.493. The predicted octanol–water partition coefficient (Wildman–Crippen LogP) is 4.43. The lowest BCUT2D eigenvalue weighted by Crippen LogP contribution is -2.20. The fourth-order valence-corrected chi connectivity index (χ4v) is 2.78. The molecule has 7 nitrogen and oxygen atoms in total. The lowest BCUT2D eigenvalue weighted by Gasteiger charge is -2.08. The maximum atomic E-state index is 12.1. The molecule has 0 saturated carbocycles. The van der Waals surface area contributed by atoms with Crippen LogP contribution in [0.2, 0.25) is 0 Å².